The van der Waals surface area contributed by atoms with Crippen molar-refractivity contribution in [2.24, 2.45) is 0 Å². The fourth-order valence-electron chi connectivity index (χ4n) is 3.86. The molecule has 170 valence electrons. The van der Waals surface area contributed by atoms with Gasteiger partial charge in [0.1, 0.15) is 0 Å². The van der Waals surface area contributed by atoms with Gasteiger partial charge < -0.3 is 10.2 Å². The molecule has 5 rings (SSSR count). The molecule has 4 aromatic rings. The number of anilines is 1. The zero-order valence-electron chi connectivity index (χ0n) is 17.9. The quantitative estimate of drug-likeness (QED) is 0.380. The van der Waals surface area contributed by atoms with Crippen molar-refractivity contribution >= 4 is 51.2 Å². The number of fused-ring (bicyclic) bond motifs is 2. The lowest BCUT2D eigenvalue weighted by molar-refractivity contribution is 0.0947. The second-order valence-electron chi connectivity index (χ2n) is 7.73. The molecule has 1 aliphatic rings. The van der Waals surface area contributed by atoms with Crippen molar-refractivity contribution in [1.82, 2.24) is 5.32 Å². The number of hydrogen-bond acceptors (Lipinski definition) is 4. The third-order valence-electron chi connectivity index (χ3n) is 5.51. The maximum atomic E-state index is 13.7. The maximum Gasteiger partial charge on any atom is 0.259 e. The summed E-state index contributed by atoms with van der Waals surface area (Å²) < 4.78 is 13.5. The monoisotopic (exact) mass is 506 g/mol. The second kappa shape index (κ2) is 9.54. The molecule has 1 aliphatic heterocycles. The molecule has 1 atom stereocenters. The molecule has 0 bridgehead atoms. The number of carbonyl (C=O) groups excluding carboxylic acids is 2. The molecule has 0 saturated carbocycles. The normalized spacial score (nSPS) is 14.8. The lowest BCUT2D eigenvalue weighted by atomic mass is 10.1. The largest absolute Gasteiger partial charge is 0.347 e. The minimum atomic E-state index is -1.58. The van der Waals surface area contributed by atoms with Gasteiger partial charge in [-0.3, -0.25) is 9.59 Å². The summed E-state index contributed by atoms with van der Waals surface area (Å²) in [5.74, 6) is -0.544. The van der Waals surface area contributed by atoms with Crippen LogP contribution in [0, 0.1) is 0 Å². The molecule has 0 saturated heterocycles. The molecule has 5 nitrogen and oxygen atoms in total. The van der Waals surface area contributed by atoms with Gasteiger partial charge in [-0.15, -0.1) is 11.3 Å². The van der Waals surface area contributed by atoms with E-state index in [0.29, 0.717) is 38.2 Å². The maximum absolute atomic E-state index is 13.7. The Labute approximate surface area is 208 Å². The highest BCUT2D eigenvalue weighted by molar-refractivity contribution is 7.85. The van der Waals surface area contributed by atoms with Crippen LogP contribution in [-0.2, 0) is 23.9 Å². The summed E-state index contributed by atoms with van der Waals surface area (Å²) in [5.41, 5.74) is 2.04. The number of halogens is 1. The van der Waals surface area contributed by atoms with Gasteiger partial charge in [0.25, 0.3) is 11.8 Å². The van der Waals surface area contributed by atoms with Crippen molar-refractivity contribution in [3.63, 3.8) is 0 Å². The van der Waals surface area contributed by atoms with E-state index >= 15 is 0 Å². The standard InChI is InChI=1S/C26H19ClN2O3S2/c27-19-6-3-5-17(13-19)16-29-22-14-18(25(30)28-15-20-7-4-12-33-20)10-11-24(22)34(32)23-9-2-1-8-21(23)26(29)31/h1-14H,15-16H2,(H,28,30). The van der Waals surface area contributed by atoms with E-state index in [0.717, 1.165) is 10.4 Å². The zero-order valence-corrected chi connectivity index (χ0v) is 20.3. The number of thiophene rings is 1. The highest BCUT2D eigenvalue weighted by Gasteiger charge is 2.31. The molecular weight excluding hydrogens is 488 g/mol. The molecule has 34 heavy (non-hydrogen) atoms. The van der Waals surface area contributed by atoms with Gasteiger partial charge in [-0.05, 0) is 59.5 Å². The fourth-order valence-corrected chi connectivity index (χ4v) is 6.06. The Hall–Kier alpha value is -3.26. The van der Waals surface area contributed by atoms with Crippen LogP contribution in [-0.4, -0.2) is 16.0 Å². The first-order valence-corrected chi connectivity index (χ1v) is 12.9. The topological polar surface area (TPSA) is 66.5 Å². The van der Waals surface area contributed by atoms with Gasteiger partial charge in [0.15, 0.2) is 0 Å². The fraction of sp³-hybridized carbons (Fsp3) is 0.0769. The molecule has 0 aliphatic carbocycles. The predicted octanol–water partition coefficient (Wildman–Crippen LogP) is 5.66. The highest BCUT2D eigenvalue weighted by Crippen LogP contribution is 2.36. The third-order valence-corrected chi connectivity index (χ3v) is 8.12. The van der Waals surface area contributed by atoms with Gasteiger partial charge in [-0.25, -0.2) is 4.21 Å². The van der Waals surface area contributed by atoms with E-state index < -0.39 is 10.8 Å². The number of rotatable bonds is 5. The summed E-state index contributed by atoms with van der Waals surface area (Å²) >= 11 is 7.74. The van der Waals surface area contributed by atoms with Crippen LogP contribution in [0.5, 0.6) is 0 Å². The van der Waals surface area contributed by atoms with Crippen molar-refractivity contribution < 1.29 is 13.8 Å². The Kier molecular flexibility index (Phi) is 6.32. The Balaban J connectivity index is 1.57. The zero-order chi connectivity index (χ0) is 23.7. The lowest BCUT2D eigenvalue weighted by Crippen LogP contribution is -2.31. The van der Waals surface area contributed by atoms with Crippen molar-refractivity contribution in [2.75, 3.05) is 4.90 Å². The Morgan fingerprint density at radius 1 is 0.971 bits per heavy atom. The van der Waals surface area contributed by atoms with E-state index in [9.17, 15) is 13.8 Å². The summed E-state index contributed by atoms with van der Waals surface area (Å²) in [7, 11) is -1.58. The summed E-state index contributed by atoms with van der Waals surface area (Å²) in [6.07, 6.45) is 0. The van der Waals surface area contributed by atoms with Crippen molar-refractivity contribution in [3.05, 3.63) is 111 Å². The smallest absolute Gasteiger partial charge is 0.259 e. The number of carbonyl (C=O) groups is 2. The SMILES string of the molecule is O=C(NCc1cccs1)c1ccc2c(c1)N(Cc1cccc(Cl)c1)C(=O)c1ccccc1S2=O. The predicted molar refractivity (Wildman–Crippen MR) is 135 cm³/mol. The van der Waals surface area contributed by atoms with Crippen LogP contribution in [0.4, 0.5) is 5.69 Å². The minimum Gasteiger partial charge on any atom is -0.347 e. The number of amides is 2. The van der Waals surface area contributed by atoms with E-state index in [4.69, 9.17) is 11.6 Å². The number of nitrogens with zero attached hydrogens (tertiary/aromatic N) is 1. The van der Waals surface area contributed by atoms with E-state index in [-0.39, 0.29) is 18.4 Å². The highest BCUT2D eigenvalue weighted by atomic mass is 35.5. The molecule has 0 radical (unpaired) electrons. The van der Waals surface area contributed by atoms with E-state index in [2.05, 4.69) is 5.32 Å². The van der Waals surface area contributed by atoms with Crippen molar-refractivity contribution in [2.45, 2.75) is 22.9 Å². The molecule has 2 amide bonds. The molecule has 0 fully saturated rings. The molecule has 8 heteroatoms. The Morgan fingerprint density at radius 3 is 2.62 bits per heavy atom. The van der Waals surface area contributed by atoms with E-state index in [1.807, 2.05) is 29.6 Å². The number of benzene rings is 3. The minimum absolute atomic E-state index is 0.220. The van der Waals surface area contributed by atoms with Crippen LogP contribution in [0.1, 0.15) is 31.2 Å². The molecule has 2 heterocycles. The average Bonchev–Trinajstić information content (AvgIpc) is 3.36. The third kappa shape index (κ3) is 4.42. The lowest BCUT2D eigenvalue weighted by Gasteiger charge is -2.23. The van der Waals surface area contributed by atoms with Gasteiger partial charge in [-0.2, -0.15) is 0 Å². The first-order chi connectivity index (χ1) is 16.5. The van der Waals surface area contributed by atoms with Gasteiger partial charge in [-0.1, -0.05) is 41.9 Å². The van der Waals surface area contributed by atoms with Crippen molar-refractivity contribution in [3.8, 4) is 0 Å². The van der Waals surface area contributed by atoms with Crippen LogP contribution >= 0.6 is 22.9 Å². The summed E-state index contributed by atoms with van der Waals surface area (Å²) in [4.78, 5) is 30.1. The van der Waals surface area contributed by atoms with E-state index in [1.165, 1.54) is 0 Å². The van der Waals surface area contributed by atoms with E-state index in [1.54, 1.807) is 70.8 Å². The summed E-state index contributed by atoms with van der Waals surface area (Å²) in [6.45, 7) is 0.633. The number of nitrogens with one attached hydrogen (secondary N) is 1. The summed E-state index contributed by atoms with van der Waals surface area (Å²) in [6, 6.07) is 23.0. The summed E-state index contributed by atoms with van der Waals surface area (Å²) in [5, 5.41) is 5.43. The van der Waals surface area contributed by atoms with Gasteiger partial charge >= 0.3 is 0 Å². The van der Waals surface area contributed by atoms with Crippen LogP contribution in [0.15, 0.2) is 94.0 Å². The molecule has 1 N–H and O–H groups in total. The van der Waals surface area contributed by atoms with Gasteiger partial charge in [0, 0.05) is 15.5 Å². The first-order valence-electron chi connectivity index (χ1n) is 10.5. The molecule has 0 spiro atoms. The molecule has 1 aromatic heterocycles. The van der Waals surface area contributed by atoms with Gasteiger partial charge in [0.05, 0.1) is 44.9 Å². The van der Waals surface area contributed by atoms with Crippen LogP contribution in [0.2, 0.25) is 5.02 Å². The van der Waals surface area contributed by atoms with Crippen LogP contribution in [0.3, 0.4) is 0 Å². The average molecular weight is 507 g/mol. The molecular formula is C26H19ClN2O3S2. The van der Waals surface area contributed by atoms with Gasteiger partial charge in [0.2, 0.25) is 0 Å². The van der Waals surface area contributed by atoms with Crippen LogP contribution in [0.25, 0.3) is 0 Å². The number of hydrogen-bond donors (Lipinski definition) is 1. The Morgan fingerprint density at radius 2 is 1.82 bits per heavy atom. The first kappa shape index (κ1) is 22.5. The van der Waals surface area contributed by atoms with Crippen LogP contribution < -0.4 is 10.2 Å². The Bertz CT molecular complexity index is 1420. The van der Waals surface area contributed by atoms with Crippen molar-refractivity contribution in [1.29, 1.82) is 0 Å². The molecule has 3 aromatic carbocycles. The molecule has 1 unspecified atom stereocenters. The second-order valence-corrected chi connectivity index (χ2v) is 10.6.